The molecule has 0 aromatic heterocycles. The summed E-state index contributed by atoms with van der Waals surface area (Å²) in [4.78, 5) is 11.3. The number of nitriles is 1. The summed E-state index contributed by atoms with van der Waals surface area (Å²) in [5, 5.41) is 8.71. The molecule has 0 aliphatic carbocycles. The molecule has 1 rings (SSSR count). The van der Waals surface area contributed by atoms with E-state index in [1.165, 1.54) is 19.1 Å². The van der Waals surface area contributed by atoms with E-state index in [9.17, 15) is 9.18 Å². The Hall–Kier alpha value is -1.40. The van der Waals surface area contributed by atoms with Crippen molar-refractivity contribution >= 4 is 17.4 Å². The van der Waals surface area contributed by atoms with E-state index in [-0.39, 0.29) is 22.6 Å². The number of ketones is 1. The highest BCUT2D eigenvalue weighted by Gasteiger charge is 2.15. The maximum Gasteiger partial charge on any atom is 0.179 e. The smallest absolute Gasteiger partial charge is 0.179 e. The maximum absolute atomic E-state index is 13.1. The minimum atomic E-state index is -0.502. The summed E-state index contributed by atoms with van der Waals surface area (Å²) >= 11 is 5.36. The molecule has 0 heterocycles. The average molecular weight is 212 g/mol. The predicted molar refractivity (Wildman–Crippen MR) is 50.9 cm³/mol. The Morgan fingerprint density at radius 1 is 1.64 bits per heavy atom. The molecule has 0 bridgehead atoms. The van der Waals surface area contributed by atoms with Gasteiger partial charge in [0.15, 0.2) is 5.78 Å². The molecule has 1 aromatic carbocycles. The Bertz CT molecular complexity index is 423. The van der Waals surface area contributed by atoms with Gasteiger partial charge in [-0.15, -0.1) is 11.6 Å². The molecule has 0 atom stereocenters. The number of hydrogen-bond donors (Lipinski definition) is 0. The Balaban J connectivity index is 3.45. The van der Waals surface area contributed by atoms with Crippen LogP contribution in [-0.4, -0.2) is 11.7 Å². The lowest BCUT2D eigenvalue weighted by atomic mass is 9.99. The molecule has 0 radical (unpaired) electrons. The van der Waals surface area contributed by atoms with Gasteiger partial charge in [0.1, 0.15) is 5.82 Å². The van der Waals surface area contributed by atoms with Crippen LogP contribution in [0.1, 0.15) is 21.5 Å². The van der Waals surface area contributed by atoms with Gasteiger partial charge in [-0.25, -0.2) is 4.39 Å². The summed E-state index contributed by atoms with van der Waals surface area (Å²) in [6.45, 7) is 1.45. The first-order chi connectivity index (χ1) is 6.61. The molecule has 0 amide bonds. The number of halogens is 2. The van der Waals surface area contributed by atoms with Crippen molar-refractivity contribution in [3.8, 4) is 6.07 Å². The third kappa shape index (κ3) is 1.75. The molecular weight excluding hydrogens is 205 g/mol. The molecule has 0 saturated carbocycles. The molecule has 0 fully saturated rings. The van der Waals surface area contributed by atoms with Crippen molar-refractivity contribution in [2.75, 3.05) is 5.88 Å². The second kappa shape index (κ2) is 4.21. The van der Waals surface area contributed by atoms with Crippen molar-refractivity contribution in [1.29, 1.82) is 5.26 Å². The molecule has 0 saturated heterocycles. The largest absolute Gasteiger partial charge is 0.293 e. The van der Waals surface area contributed by atoms with Crippen molar-refractivity contribution in [2.24, 2.45) is 0 Å². The maximum atomic E-state index is 13.1. The first-order valence-corrected chi connectivity index (χ1v) is 4.43. The van der Waals surface area contributed by atoms with Gasteiger partial charge in [-0.05, 0) is 24.6 Å². The van der Waals surface area contributed by atoms with E-state index in [4.69, 9.17) is 16.9 Å². The van der Waals surface area contributed by atoms with E-state index in [1.807, 2.05) is 6.07 Å². The van der Waals surface area contributed by atoms with E-state index in [0.717, 1.165) is 0 Å². The average Bonchev–Trinajstić information content (AvgIpc) is 2.20. The van der Waals surface area contributed by atoms with Crippen LogP contribution in [0.25, 0.3) is 0 Å². The fraction of sp³-hybridized carbons (Fsp3) is 0.200. The Morgan fingerprint density at radius 2 is 2.29 bits per heavy atom. The van der Waals surface area contributed by atoms with Gasteiger partial charge in [-0.3, -0.25) is 4.79 Å². The first kappa shape index (κ1) is 10.7. The van der Waals surface area contributed by atoms with Crippen LogP contribution in [-0.2, 0) is 0 Å². The van der Waals surface area contributed by atoms with Gasteiger partial charge in [0.05, 0.1) is 17.5 Å². The summed E-state index contributed by atoms with van der Waals surface area (Å²) in [5.74, 6) is -1.18. The minimum absolute atomic E-state index is 0.0856. The van der Waals surface area contributed by atoms with Crippen molar-refractivity contribution in [2.45, 2.75) is 6.92 Å². The van der Waals surface area contributed by atoms with E-state index < -0.39 is 11.6 Å². The van der Waals surface area contributed by atoms with Crippen LogP contribution >= 0.6 is 11.6 Å². The number of alkyl halides is 1. The summed E-state index contributed by atoms with van der Waals surface area (Å²) < 4.78 is 13.1. The van der Waals surface area contributed by atoms with E-state index >= 15 is 0 Å². The highest BCUT2D eigenvalue weighted by atomic mass is 35.5. The van der Waals surface area contributed by atoms with Crippen LogP contribution in [0.4, 0.5) is 4.39 Å². The lowest BCUT2D eigenvalue weighted by Gasteiger charge is -2.05. The second-order valence-corrected chi connectivity index (χ2v) is 3.03. The lowest BCUT2D eigenvalue weighted by Crippen LogP contribution is -2.07. The summed E-state index contributed by atoms with van der Waals surface area (Å²) in [6, 6.07) is 4.28. The van der Waals surface area contributed by atoms with Gasteiger partial charge in [-0.1, -0.05) is 0 Å². The molecule has 0 N–H and O–H groups in total. The molecule has 0 aliphatic rings. The Labute approximate surface area is 85.9 Å². The SMILES string of the molecule is Cc1c(F)ccc(C#N)c1C(=O)CCl. The van der Waals surface area contributed by atoms with Crippen LogP contribution in [0.3, 0.4) is 0 Å². The number of carbonyl (C=O) groups is 1. The highest BCUT2D eigenvalue weighted by Crippen LogP contribution is 2.18. The number of benzene rings is 1. The number of carbonyl (C=O) groups excluding carboxylic acids is 1. The number of Topliss-reactive ketones (excluding diaryl/α,β-unsaturated/α-hetero) is 1. The van der Waals surface area contributed by atoms with Crippen molar-refractivity contribution in [3.63, 3.8) is 0 Å². The zero-order valence-electron chi connectivity index (χ0n) is 7.47. The van der Waals surface area contributed by atoms with Gasteiger partial charge >= 0.3 is 0 Å². The van der Waals surface area contributed by atoms with Gasteiger partial charge < -0.3 is 0 Å². The summed E-state index contributed by atoms with van der Waals surface area (Å²) in [7, 11) is 0. The molecule has 2 nitrogen and oxygen atoms in total. The van der Waals surface area contributed by atoms with E-state index in [1.54, 1.807) is 0 Å². The van der Waals surface area contributed by atoms with Crippen LogP contribution in [0.5, 0.6) is 0 Å². The van der Waals surface area contributed by atoms with Crippen molar-refractivity contribution < 1.29 is 9.18 Å². The standard InChI is InChI=1S/C10H7ClFNO/c1-6-8(12)3-2-7(5-13)10(6)9(14)4-11/h2-3H,4H2,1H3. The van der Waals surface area contributed by atoms with Gasteiger partial charge in [-0.2, -0.15) is 5.26 Å². The number of nitrogens with zero attached hydrogens (tertiary/aromatic N) is 1. The summed E-state index contributed by atoms with van der Waals surface area (Å²) in [5.41, 5.74) is 0.423. The van der Waals surface area contributed by atoms with Gasteiger partial charge in [0, 0.05) is 5.56 Å². The van der Waals surface area contributed by atoms with E-state index in [0.29, 0.717) is 0 Å². The quantitative estimate of drug-likeness (QED) is 0.557. The topological polar surface area (TPSA) is 40.9 Å². The fourth-order valence-electron chi connectivity index (χ4n) is 1.21. The fourth-order valence-corrected chi connectivity index (χ4v) is 1.34. The summed E-state index contributed by atoms with van der Waals surface area (Å²) in [6.07, 6.45) is 0. The normalized spacial score (nSPS) is 9.57. The number of hydrogen-bond acceptors (Lipinski definition) is 2. The first-order valence-electron chi connectivity index (χ1n) is 3.90. The minimum Gasteiger partial charge on any atom is -0.293 e. The molecule has 1 aromatic rings. The monoisotopic (exact) mass is 211 g/mol. The molecule has 72 valence electrons. The molecule has 0 aliphatic heterocycles. The molecule has 14 heavy (non-hydrogen) atoms. The van der Waals surface area contributed by atoms with Crippen LogP contribution in [0.15, 0.2) is 12.1 Å². The molecule has 0 spiro atoms. The highest BCUT2D eigenvalue weighted by molar-refractivity contribution is 6.30. The van der Waals surface area contributed by atoms with E-state index in [2.05, 4.69) is 0 Å². The van der Waals surface area contributed by atoms with Crippen LogP contribution < -0.4 is 0 Å². The lowest BCUT2D eigenvalue weighted by molar-refractivity contribution is 0.101. The zero-order chi connectivity index (χ0) is 10.7. The van der Waals surface area contributed by atoms with Crippen molar-refractivity contribution in [3.05, 3.63) is 34.6 Å². The van der Waals surface area contributed by atoms with Crippen LogP contribution in [0.2, 0.25) is 0 Å². The van der Waals surface area contributed by atoms with Crippen molar-refractivity contribution in [1.82, 2.24) is 0 Å². The second-order valence-electron chi connectivity index (χ2n) is 2.76. The van der Waals surface area contributed by atoms with Crippen LogP contribution in [0, 0.1) is 24.1 Å². The van der Waals surface area contributed by atoms with Gasteiger partial charge in [0.2, 0.25) is 0 Å². The predicted octanol–water partition coefficient (Wildman–Crippen LogP) is 2.43. The third-order valence-electron chi connectivity index (χ3n) is 1.92. The third-order valence-corrected chi connectivity index (χ3v) is 2.16. The molecule has 0 unspecified atom stereocenters. The zero-order valence-corrected chi connectivity index (χ0v) is 8.23. The Kier molecular flexibility index (Phi) is 3.21. The van der Waals surface area contributed by atoms with Gasteiger partial charge in [0.25, 0.3) is 0 Å². The molecular formula is C10H7ClFNO. The Morgan fingerprint density at radius 3 is 2.79 bits per heavy atom. The number of rotatable bonds is 2. The molecule has 4 heteroatoms.